The molecule has 0 saturated carbocycles. The van der Waals surface area contributed by atoms with Gasteiger partial charge in [0, 0.05) is 44.0 Å². The number of aliphatic hydroxyl groups is 1. The van der Waals surface area contributed by atoms with E-state index in [1.165, 1.54) is 12.1 Å². The van der Waals surface area contributed by atoms with Crippen molar-refractivity contribution in [3.8, 4) is 34.3 Å². The number of aromatic nitrogens is 1. The highest BCUT2D eigenvalue weighted by molar-refractivity contribution is 5.75. The number of piperidine rings is 1. The van der Waals surface area contributed by atoms with E-state index >= 15 is 0 Å². The lowest BCUT2D eigenvalue weighted by Crippen LogP contribution is -2.42. The van der Waals surface area contributed by atoms with Crippen LogP contribution in [0.1, 0.15) is 24.8 Å². The van der Waals surface area contributed by atoms with Gasteiger partial charge < -0.3 is 34.4 Å². The van der Waals surface area contributed by atoms with Gasteiger partial charge in [-0.15, -0.1) is 0 Å². The van der Waals surface area contributed by atoms with Gasteiger partial charge in [0.1, 0.15) is 28.7 Å². The summed E-state index contributed by atoms with van der Waals surface area (Å²) in [5, 5.41) is 38.3. The second-order valence-corrected chi connectivity index (χ2v) is 8.59. The molecule has 2 aromatic carbocycles. The summed E-state index contributed by atoms with van der Waals surface area (Å²) in [4.78, 5) is 4.22. The maximum atomic E-state index is 10.6. The van der Waals surface area contributed by atoms with Crippen molar-refractivity contribution in [2.45, 2.75) is 25.1 Å². The lowest BCUT2D eigenvalue weighted by atomic mass is 10.1. The Morgan fingerprint density at radius 1 is 1.12 bits per heavy atom. The molecule has 1 aliphatic rings. The van der Waals surface area contributed by atoms with Crippen LogP contribution in [0.5, 0.6) is 23.0 Å². The quantitative estimate of drug-likeness (QED) is 0.399. The lowest BCUT2D eigenvalue weighted by Gasteiger charge is -2.30. The van der Waals surface area contributed by atoms with Crippen LogP contribution in [0.15, 0.2) is 47.0 Å². The molecule has 2 heterocycles. The first-order valence-corrected chi connectivity index (χ1v) is 10.9. The zero-order valence-corrected chi connectivity index (χ0v) is 19.0. The summed E-state index contributed by atoms with van der Waals surface area (Å²) in [6.45, 7) is 1.92. The van der Waals surface area contributed by atoms with E-state index in [1.54, 1.807) is 18.2 Å². The van der Waals surface area contributed by atoms with Crippen LogP contribution in [0.25, 0.3) is 11.3 Å². The van der Waals surface area contributed by atoms with Crippen molar-refractivity contribution in [1.29, 1.82) is 0 Å². The second kappa shape index (κ2) is 9.70. The highest BCUT2D eigenvalue weighted by Gasteiger charge is 2.24. The molecular formula is C24H30N4O5. The number of phenols is 2. The number of aliphatic hydroxyl groups excluding tert-OH is 1. The van der Waals surface area contributed by atoms with E-state index < -0.39 is 6.23 Å². The van der Waals surface area contributed by atoms with E-state index in [4.69, 9.17) is 9.26 Å². The fourth-order valence-corrected chi connectivity index (χ4v) is 3.88. The van der Waals surface area contributed by atoms with E-state index in [0.29, 0.717) is 5.75 Å². The van der Waals surface area contributed by atoms with Crippen LogP contribution in [0, 0.1) is 0 Å². The van der Waals surface area contributed by atoms with Crippen molar-refractivity contribution in [1.82, 2.24) is 15.4 Å². The molecule has 176 valence electrons. The van der Waals surface area contributed by atoms with Gasteiger partial charge in [-0.2, -0.15) is 0 Å². The maximum absolute atomic E-state index is 10.6. The number of likely N-dealkylation sites (tertiary alicyclic amines) is 1. The molecule has 33 heavy (non-hydrogen) atoms. The number of aromatic hydroxyl groups is 2. The van der Waals surface area contributed by atoms with Crippen LogP contribution < -0.4 is 15.0 Å². The van der Waals surface area contributed by atoms with Gasteiger partial charge in [-0.1, -0.05) is 5.16 Å². The Labute approximate surface area is 192 Å². The Kier molecular flexibility index (Phi) is 6.73. The molecule has 3 aromatic rings. The maximum Gasteiger partial charge on any atom is 0.180 e. The molecule has 1 aromatic heterocycles. The summed E-state index contributed by atoms with van der Waals surface area (Å²) >= 11 is 0. The Morgan fingerprint density at radius 2 is 1.82 bits per heavy atom. The molecule has 9 nitrogen and oxygen atoms in total. The number of phenolic OH excluding ortho intramolecular Hbond substituents is 2. The van der Waals surface area contributed by atoms with E-state index in [1.807, 2.05) is 31.1 Å². The largest absolute Gasteiger partial charge is 0.508 e. The highest BCUT2D eigenvalue weighted by Crippen LogP contribution is 2.43. The van der Waals surface area contributed by atoms with Gasteiger partial charge in [-0.3, -0.25) is 5.32 Å². The van der Waals surface area contributed by atoms with Gasteiger partial charge in [0.15, 0.2) is 12.0 Å². The first-order valence-electron chi connectivity index (χ1n) is 10.9. The van der Waals surface area contributed by atoms with Crippen molar-refractivity contribution in [3.05, 3.63) is 48.2 Å². The Bertz CT molecular complexity index is 1070. The third-order valence-electron chi connectivity index (χ3n) is 5.81. The number of nitrogens with one attached hydrogen (secondary N) is 1. The molecule has 1 atom stereocenters. The normalized spacial score (nSPS) is 16.0. The third kappa shape index (κ3) is 5.39. The summed E-state index contributed by atoms with van der Waals surface area (Å²) in [6.07, 6.45) is 0.831. The number of anilines is 1. The second-order valence-electron chi connectivity index (χ2n) is 8.59. The topological polar surface area (TPSA) is 114 Å². The Hall–Kier alpha value is -3.27. The van der Waals surface area contributed by atoms with Crippen molar-refractivity contribution >= 4 is 5.69 Å². The molecule has 0 bridgehead atoms. The molecule has 0 aliphatic carbocycles. The summed E-state index contributed by atoms with van der Waals surface area (Å²) in [6, 6.07) is 11.7. The van der Waals surface area contributed by atoms with Crippen LogP contribution in [-0.4, -0.2) is 65.7 Å². The molecule has 1 saturated heterocycles. The lowest BCUT2D eigenvalue weighted by molar-refractivity contribution is 0.0784. The summed E-state index contributed by atoms with van der Waals surface area (Å²) < 4.78 is 11.3. The van der Waals surface area contributed by atoms with Crippen molar-refractivity contribution in [2.24, 2.45) is 0 Å². The molecule has 0 spiro atoms. The van der Waals surface area contributed by atoms with Gasteiger partial charge in [0.25, 0.3) is 0 Å². The zero-order valence-electron chi connectivity index (χ0n) is 19.0. The molecule has 1 aliphatic heterocycles. The zero-order chi connectivity index (χ0) is 23.5. The van der Waals surface area contributed by atoms with E-state index in [9.17, 15) is 15.3 Å². The first-order chi connectivity index (χ1) is 15.8. The van der Waals surface area contributed by atoms with Crippen molar-refractivity contribution < 1.29 is 24.6 Å². The average Bonchev–Trinajstić information content (AvgIpc) is 3.25. The van der Waals surface area contributed by atoms with Crippen LogP contribution in [0.4, 0.5) is 5.69 Å². The summed E-state index contributed by atoms with van der Waals surface area (Å²) in [5.74, 6) is 0.608. The van der Waals surface area contributed by atoms with Gasteiger partial charge in [0.05, 0.1) is 5.56 Å². The van der Waals surface area contributed by atoms with E-state index in [0.717, 1.165) is 31.6 Å². The number of ether oxygens (including phenoxy) is 1. The molecule has 1 unspecified atom stereocenters. The highest BCUT2D eigenvalue weighted by atomic mass is 16.5. The SMILES string of the molecule is CN1CCC(NC(O)c2cc(-c3c(O)cc(O)cc3Oc3ccc(N(C)C)cc3)no2)CC1. The predicted molar refractivity (Wildman–Crippen MR) is 125 cm³/mol. The number of hydrogen-bond donors (Lipinski definition) is 4. The van der Waals surface area contributed by atoms with E-state index in [2.05, 4.69) is 22.4 Å². The van der Waals surface area contributed by atoms with Gasteiger partial charge in [-0.05, 0) is 57.2 Å². The summed E-state index contributed by atoms with van der Waals surface area (Å²) in [7, 11) is 5.97. The number of rotatable bonds is 7. The number of benzene rings is 2. The molecule has 0 radical (unpaired) electrons. The van der Waals surface area contributed by atoms with Crippen molar-refractivity contribution in [3.63, 3.8) is 0 Å². The summed E-state index contributed by atoms with van der Waals surface area (Å²) in [5.41, 5.74) is 1.55. The van der Waals surface area contributed by atoms with Gasteiger partial charge in [0.2, 0.25) is 0 Å². The molecule has 4 N–H and O–H groups in total. The molecular weight excluding hydrogens is 424 g/mol. The molecule has 4 rings (SSSR count). The van der Waals surface area contributed by atoms with Crippen LogP contribution in [0.3, 0.4) is 0 Å². The van der Waals surface area contributed by atoms with E-state index in [-0.39, 0.29) is 40.3 Å². The molecule has 1 fully saturated rings. The Morgan fingerprint density at radius 3 is 2.48 bits per heavy atom. The minimum atomic E-state index is -1.03. The monoisotopic (exact) mass is 454 g/mol. The Balaban J connectivity index is 1.55. The molecule has 9 heteroatoms. The van der Waals surface area contributed by atoms with Gasteiger partial charge in [-0.25, -0.2) is 0 Å². The first kappa shape index (κ1) is 22.9. The number of nitrogens with zero attached hydrogens (tertiary/aromatic N) is 3. The fourth-order valence-electron chi connectivity index (χ4n) is 3.88. The fraction of sp³-hybridized carbons (Fsp3) is 0.375. The minimum Gasteiger partial charge on any atom is -0.508 e. The number of hydrogen-bond acceptors (Lipinski definition) is 9. The van der Waals surface area contributed by atoms with Gasteiger partial charge >= 0.3 is 0 Å². The minimum absolute atomic E-state index is 0.149. The smallest absolute Gasteiger partial charge is 0.180 e. The standard InChI is InChI=1S/C24H30N4O5/c1-27(2)16-4-6-18(7-5-16)32-21-13-17(29)12-20(30)23(21)19-14-22(33-26-19)24(31)25-15-8-10-28(3)11-9-15/h4-7,12-15,24-25,29-31H,8-11H2,1-3H3. The van der Waals surface area contributed by atoms with Crippen molar-refractivity contribution in [2.75, 3.05) is 39.1 Å². The predicted octanol–water partition coefficient (Wildman–Crippen LogP) is 3.29. The third-order valence-corrected chi connectivity index (χ3v) is 5.81. The molecule has 0 amide bonds. The van der Waals surface area contributed by atoms with Crippen LogP contribution in [0.2, 0.25) is 0 Å². The average molecular weight is 455 g/mol. The van der Waals surface area contributed by atoms with Crippen LogP contribution in [-0.2, 0) is 0 Å². The van der Waals surface area contributed by atoms with Crippen LogP contribution >= 0.6 is 0 Å².